The van der Waals surface area contributed by atoms with Gasteiger partial charge in [-0.15, -0.1) is 0 Å². The van der Waals surface area contributed by atoms with Gasteiger partial charge in [-0.05, 0) is 31.5 Å². The summed E-state index contributed by atoms with van der Waals surface area (Å²) in [4.78, 5) is 12.5. The van der Waals surface area contributed by atoms with Gasteiger partial charge in [0.2, 0.25) is 11.7 Å². The molecule has 1 amide bonds. The maximum Gasteiger partial charge on any atom is 0.225 e. The van der Waals surface area contributed by atoms with Crippen LogP contribution in [0.3, 0.4) is 0 Å². The van der Waals surface area contributed by atoms with E-state index in [9.17, 15) is 4.79 Å². The lowest BCUT2D eigenvalue weighted by Gasteiger charge is -2.29. The molecule has 7 nitrogen and oxygen atoms in total. The molecule has 1 heterocycles. The van der Waals surface area contributed by atoms with Gasteiger partial charge in [0, 0.05) is 29.7 Å². The number of fused-ring (bicyclic) bond motifs is 1. The molecule has 0 radical (unpaired) electrons. The maximum atomic E-state index is 12.5. The molecule has 3 rings (SSSR count). The average Bonchev–Trinajstić information content (AvgIpc) is 2.72. The molecule has 7 heteroatoms. The monoisotopic (exact) mass is 401 g/mol. The van der Waals surface area contributed by atoms with Crippen LogP contribution in [0, 0.1) is 0 Å². The first-order chi connectivity index (χ1) is 14.1. The fourth-order valence-electron chi connectivity index (χ4n) is 3.68. The maximum absolute atomic E-state index is 12.5. The molecular weight excluding hydrogens is 374 g/mol. The highest BCUT2D eigenvalue weighted by Crippen LogP contribution is 2.49. The van der Waals surface area contributed by atoms with E-state index in [-0.39, 0.29) is 18.2 Å². The van der Waals surface area contributed by atoms with Crippen LogP contribution in [-0.2, 0) is 4.79 Å². The number of methoxy groups -OCH3 is 3. The van der Waals surface area contributed by atoms with E-state index >= 15 is 0 Å². The number of carbonyl (C=O) groups excluding carboxylic acids is 1. The van der Waals surface area contributed by atoms with Gasteiger partial charge in [-0.1, -0.05) is 6.07 Å². The molecule has 29 heavy (non-hydrogen) atoms. The van der Waals surface area contributed by atoms with E-state index in [0.29, 0.717) is 47.6 Å². The van der Waals surface area contributed by atoms with E-state index < -0.39 is 0 Å². The first kappa shape index (κ1) is 20.6. The number of rotatable bonds is 8. The molecule has 2 aromatic carbocycles. The third-order valence-corrected chi connectivity index (χ3v) is 4.86. The van der Waals surface area contributed by atoms with Crippen LogP contribution in [0.1, 0.15) is 37.3 Å². The number of anilines is 1. The highest BCUT2D eigenvalue weighted by atomic mass is 16.5. The standard InChI is InChI=1S/C22H27NO6/c1-6-28-18-10-15-14(11-20(24)23-16(15)12-19(18)29-7-2)13-8-9-17(25-3)22(27-5)21(13)26-4/h8-10,12,14H,6-7,11H2,1-5H3,(H,23,24)/t14-/m0/s1. The van der Waals surface area contributed by atoms with Crippen molar-refractivity contribution >= 4 is 11.6 Å². The third-order valence-electron chi connectivity index (χ3n) is 4.86. The molecule has 0 unspecified atom stereocenters. The summed E-state index contributed by atoms with van der Waals surface area (Å²) >= 11 is 0. The van der Waals surface area contributed by atoms with Crippen molar-refractivity contribution in [1.82, 2.24) is 0 Å². The first-order valence-corrected chi connectivity index (χ1v) is 9.60. The number of amides is 1. The van der Waals surface area contributed by atoms with E-state index in [2.05, 4.69) is 5.32 Å². The molecule has 0 bridgehead atoms. The Balaban J connectivity index is 2.18. The van der Waals surface area contributed by atoms with Crippen molar-refractivity contribution in [2.75, 3.05) is 39.9 Å². The zero-order valence-electron chi connectivity index (χ0n) is 17.5. The minimum absolute atomic E-state index is 0.0778. The molecule has 0 spiro atoms. The fraction of sp³-hybridized carbons (Fsp3) is 0.409. The Morgan fingerprint density at radius 3 is 2.10 bits per heavy atom. The Morgan fingerprint density at radius 2 is 1.52 bits per heavy atom. The van der Waals surface area contributed by atoms with Gasteiger partial charge in [-0.3, -0.25) is 4.79 Å². The zero-order chi connectivity index (χ0) is 21.0. The summed E-state index contributed by atoms with van der Waals surface area (Å²) in [6, 6.07) is 7.48. The summed E-state index contributed by atoms with van der Waals surface area (Å²) in [5.74, 6) is 2.55. The summed E-state index contributed by atoms with van der Waals surface area (Å²) < 4.78 is 28.1. The quantitative estimate of drug-likeness (QED) is 0.721. The zero-order valence-corrected chi connectivity index (χ0v) is 17.5. The van der Waals surface area contributed by atoms with Crippen molar-refractivity contribution in [3.8, 4) is 28.7 Å². The highest BCUT2D eigenvalue weighted by molar-refractivity contribution is 5.96. The number of hydrogen-bond acceptors (Lipinski definition) is 6. The van der Waals surface area contributed by atoms with Crippen molar-refractivity contribution < 1.29 is 28.5 Å². The SMILES string of the molecule is CCOc1cc2c(cc1OCC)[C@H](c1ccc(OC)c(OC)c1OC)CC(=O)N2. The molecule has 0 saturated heterocycles. The summed E-state index contributed by atoms with van der Waals surface area (Å²) in [6.45, 7) is 4.84. The molecule has 1 atom stereocenters. The van der Waals surface area contributed by atoms with Crippen molar-refractivity contribution in [3.63, 3.8) is 0 Å². The van der Waals surface area contributed by atoms with Crippen LogP contribution in [0.2, 0.25) is 0 Å². The van der Waals surface area contributed by atoms with Gasteiger partial charge in [-0.25, -0.2) is 0 Å². The van der Waals surface area contributed by atoms with Gasteiger partial charge < -0.3 is 29.0 Å². The van der Waals surface area contributed by atoms with Crippen LogP contribution in [0.15, 0.2) is 24.3 Å². The summed E-state index contributed by atoms with van der Waals surface area (Å²) in [6.07, 6.45) is 0.276. The summed E-state index contributed by atoms with van der Waals surface area (Å²) in [7, 11) is 4.71. The number of ether oxygens (including phenoxy) is 5. The highest BCUT2D eigenvalue weighted by Gasteiger charge is 2.32. The van der Waals surface area contributed by atoms with Gasteiger partial charge in [-0.2, -0.15) is 0 Å². The average molecular weight is 401 g/mol. The van der Waals surface area contributed by atoms with Crippen LogP contribution in [0.4, 0.5) is 5.69 Å². The van der Waals surface area contributed by atoms with Crippen LogP contribution >= 0.6 is 0 Å². The fourth-order valence-corrected chi connectivity index (χ4v) is 3.68. The molecule has 1 aliphatic rings. The van der Waals surface area contributed by atoms with Gasteiger partial charge in [0.1, 0.15) is 0 Å². The van der Waals surface area contributed by atoms with Crippen molar-refractivity contribution in [2.45, 2.75) is 26.2 Å². The molecule has 0 aliphatic carbocycles. The van der Waals surface area contributed by atoms with Gasteiger partial charge in [0.05, 0.1) is 34.5 Å². The molecule has 0 aromatic heterocycles. The van der Waals surface area contributed by atoms with E-state index in [1.807, 2.05) is 38.1 Å². The van der Waals surface area contributed by atoms with Crippen LogP contribution in [-0.4, -0.2) is 40.5 Å². The van der Waals surface area contributed by atoms with E-state index in [1.165, 1.54) is 0 Å². The topological polar surface area (TPSA) is 75.2 Å². The van der Waals surface area contributed by atoms with E-state index in [4.69, 9.17) is 23.7 Å². The summed E-state index contributed by atoms with van der Waals surface area (Å²) in [5.41, 5.74) is 2.48. The van der Waals surface area contributed by atoms with E-state index in [1.54, 1.807) is 21.3 Å². The predicted molar refractivity (Wildman–Crippen MR) is 110 cm³/mol. The Morgan fingerprint density at radius 1 is 0.862 bits per heavy atom. The van der Waals surface area contributed by atoms with Crippen molar-refractivity contribution in [1.29, 1.82) is 0 Å². The molecule has 1 N–H and O–H groups in total. The van der Waals surface area contributed by atoms with E-state index in [0.717, 1.165) is 11.1 Å². The minimum atomic E-state index is -0.233. The molecule has 156 valence electrons. The lowest BCUT2D eigenvalue weighted by atomic mass is 9.83. The minimum Gasteiger partial charge on any atom is -0.493 e. The Kier molecular flexibility index (Phi) is 6.36. The first-order valence-electron chi connectivity index (χ1n) is 9.60. The van der Waals surface area contributed by atoms with Crippen LogP contribution < -0.4 is 29.0 Å². The predicted octanol–water partition coefficient (Wildman–Crippen LogP) is 3.98. The number of hydrogen-bond donors (Lipinski definition) is 1. The second-order valence-electron chi connectivity index (χ2n) is 6.48. The third kappa shape index (κ3) is 3.90. The summed E-state index contributed by atoms with van der Waals surface area (Å²) in [5, 5.41) is 2.95. The van der Waals surface area contributed by atoms with Gasteiger partial charge in [0.25, 0.3) is 0 Å². The molecule has 2 aromatic rings. The number of benzene rings is 2. The van der Waals surface area contributed by atoms with Gasteiger partial charge in [0.15, 0.2) is 23.0 Å². The normalized spacial score (nSPS) is 15.2. The lowest BCUT2D eigenvalue weighted by molar-refractivity contribution is -0.116. The Hall–Kier alpha value is -3.09. The Bertz CT molecular complexity index is 895. The van der Waals surface area contributed by atoms with Crippen molar-refractivity contribution in [2.24, 2.45) is 0 Å². The molecular formula is C22H27NO6. The second kappa shape index (κ2) is 8.94. The van der Waals surface area contributed by atoms with Crippen LogP contribution in [0.5, 0.6) is 28.7 Å². The van der Waals surface area contributed by atoms with Gasteiger partial charge >= 0.3 is 0 Å². The number of nitrogens with one attached hydrogen (secondary N) is 1. The molecule has 0 fully saturated rings. The van der Waals surface area contributed by atoms with Crippen molar-refractivity contribution in [3.05, 3.63) is 35.4 Å². The number of carbonyl (C=O) groups is 1. The molecule has 1 aliphatic heterocycles. The van der Waals surface area contributed by atoms with Crippen LogP contribution in [0.25, 0.3) is 0 Å². The lowest BCUT2D eigenvalue weighted by Crippen LogP contribution is -2.24. The molecule has 0 saturated carbocycles. The second-order valence-corrected chi connectivity index (χ2v) is 6.48. The Labute approximate surface area is 170 Å². The largest absolute Gasteiger partial charge is 0.493 e. The smallest absolute Gasteiger partial charge is 0.225 e.